The summed E-state index contributed by atoms with van der Waals surface area (Å²) in [6, 6.07) is 6.95. The monoisotopic (exact) mass is 177 g/mol. The highest BCUT2D eigenvalue weighted by Crippen LogP contribution is 2.11. The molecule has 1 aromatic rings. The third-order valence-electron chi connectivity index (χ3n) is 2.30. The molecule has 1 rings (SSSR count). The molecule has 1 unspecified atom stereocenters. The van der Waals surface area contributed by atoms with Gasteiger partial charge in [-0.05, 0) is 32.3 Å². The summed E-state index contributed by atoms with van der Waals surface area (Å²) in [6.45, 7) is 6.40. The summed E-state index contributed by atoms with van der Waals surface area (Å²) in [7, 11) is 0. The lowest BCUT2D eigenvalue weighted by Crippen LogP contribution is -2.21. The lowest BCUT2D eigenvalue weighted by molar-refractivity contribution is 0.646. The van der Waals surface area contributed by atoms with Crippen LogP contribution in [-0.2, 0) is 6.42 Å². The van der Waals surface area contributed by atoms with Crippen LogP contribution < -0.4 is 5.73 Å². The molecule has 2 N–H and O–H groups in total. The number of aryl methyl sites for hydroxylation is 2. The van der Waals surface area contributed by atoms with Gasteiger partial charge in [0, 0.05) is 6.04 Å². The van der Waals surface area contributed by atoms with E-state index in [9.17, 15) is 0 Å². The molecule has 1 atom stereocenters. The van der Waals surface area contributed by atoms with E-state index in [2.05, 4.69) is 39.0 Å². The number of benzene rings is 1. The molecule has 0 saturated carbocycles. The highest BCUT2D eigenvalue weighted by atomic mass is 14.6. The van der Waals surface area contributed by atoms with Crippen molar-refractivity contribution in [3.63, 3.8) is 0 Å². The summed E-state index contributed by atoms with van der Waals surface area (Å²) < 4.78 is 0. The van der Waals surface area contributed by atoms with Crippen molar-refractivity contribution in [1.29, 1.82) is 0 Å². The summed E-state index contributed by atoms with van der Waals surface area (Å²) in [5, 5.41) is 0. The zero-order valence-electron chi connectivity index (χ0n) is 8.80. The summed E-state index contributed by atoms with van der Waals surface area (Å²) in [6.07, 6.45) is 2.05. The SMILES string of the molecule is CCC(N)Cc1cc(C)cc(C)c1. The van der Waals surface area contributed by atoms with Crippen LogP contribution in [0.4, 0.5) is 0 Å². The first-order valence-electron chi connectivity index (χ1n) is 4.94. The normalized spacial score (nSPS) is 12.9. The molecule has 1 aromatic carbocycles. The lowest BCUT2D eigenvalue weighted by Gasteiger charge is -2.10. The molecule has 0 radical (unpaired) electrons. The number of nitrogens with two attached hydrogens (primary N) is 1. The second kappa shape index (κ2) is 4.43. The molecule has 0 heterocycles. The van der Waals surface area contributed by atoms with Gasteiger partial charge in [-0.2, -0.15) is 0 Å². The van der Waals surface area contributed by atoms with Gasteiger partial charge in [0.1, 0.15) is 0 Å². The van der Waals surface area contributed by atoms with Crippen LogP contribution in [-0.4, -0.2) is 6.04 Å². The zero-order valence-corrected chi connectivity index (χ0v) is 8.80. The van der Waals surface area contributed by atoms with Crippen LogP contribution in [0.1, 0.15) is 30.0 Å². The number of hydrogen-bond donors (Lipinski definition) is 1. The average Bonchev–Trinajstić information content (AvgIpc) is 2.02. The first-order valence-corrected chi connectivity index (χ1v) is 4.94. The quantitative estimate of drug-likeness (QED) is 0.754. The molecule has 1 nitrogen and oxygen atoms in total. The van der Waals surface area contributed by atoms with Crippen molar-refractivity contribution in [2.24, 2.45) is 5.73 Å². The molecular weight excluding hydrogens is 158 g/mol. The molecule has 0 aliphatic heterocycles. The molecule has 0 fully saturated rings. The molecular formula is C12H19N. The Bertz CT molecular complexity index is 258. The minimum absolute atomic E-state index is 0.307. The second-order valence-electron chi connectivity index (χ2n) is 3.87. The second-order valence-corrected chi connectivity index (χ2v) is 3.87. The Morgan fingerprint density at radius 2 is 1.69 bits per heavy atom. The van der Waals surface area contributed by atoms with Gasteiger partial charge in [0.05, 0.1) is 0 Å². The summed E-state index contributed by atoms with van der Waals surface area (Å²) in [5.41, 5.74) is 9.94. The number of rotatable bonds is 3. The van der Waals surface area contributed by atoms with Crippen molar-refractivity contribution < 1.29 is 0 Å². The van der Waals surface area contributed by atoms with Crippen LogP contribution in [0.25, 0.3) is 0 Å². The smallest absolute Gasteiger partial charge is 0.00766 e. The first kappa shape index (κ1) is 10.3. The molecule has 0 amide bonds. The summed E-state index contributed by atoms with van der Waals surface area (Å²) in [4.78, 5) is 0. The van der Waals surface area contributed by atoms with E-state index in [0.717, 1.165) is 12.8 Å². The Balaban J connectivity index is 2.77. The first-order chi connectivity index (χ1) is 6.11. The van der Waals surface area contributed by atoms with Crippen molar-refractivity contribution in [2.45, 2.75) is 39.7 Å². The minimum atomic E-state index is 0.307. The minimum Gasteiger partial charge on any atom is -0.327 e. The molecule has 0 aliphatic carbocycles. The van der Waals surface area contributed by atoms with Gasteiger partial charge < -0.3 is 5.73 Å². The van der Waals surface area contributed by atoms with E-state index in [4.69, 9.17) is 5.73 Å². The fraction of sp³-hybridized carbons (Fsp3) is 0.500. The molecule has 0 spiro atoms. The zero-order chi connectivity index (χ0) is 9.84. The van der Waals surface area contributed by atoms with Crippen LogP contribution in [0.5, 0.6) is 0 Å². The fourth-order valence-electron chi connectivity index (χ4n) is 1.63. The van der Waals surface area contributed by atoms with Crippen molar-refractivity contribution in [3.05, 3.63) is 34.9 Å². The third kappa shape index (κ3) is 3.19. The predicted octanol–water partition coefficient (Wildman–Crippen LogP) is 2.58. The van der Waals surface area contributed by atoms with E-state index in [0.29, 0.717) is 6.04 Å². The van der Waals surface area contributed by atoms with Crippen molar-refractivity contribution >= 4 is 0 Å². The van der Waals surface area contributed by atoms with Gasteiger partial charge in [-0.25, -0.2) is 0 Å². The standard InChI is InChI=1S/C12H19N/c1-4-12(13)8-11-6-9(2)5-10(3)7-11/h5-7,12H,4,8,13H2,1-3H3. The summed E-state index contributed by atoms with van der Waals surface area (Å²) in [5.74, 6) is 0. The van der Waals surface area contributed by atoms with Crippen molar-refractivity contribution in [1.82, 2.24) is 0 Å². The van der Waals surface area contributed by atoms with Crippen LogP contribution in [0, 0.1) is 13.8 Å². The Morgan fingerprint density at radius 3 is 2.15 bits per heavy atom. The maximum atomic E-state index is 5.91. The fourth-order valence-corrected chi connectivity index (χ4v) is 1.63. The van der Waals surface area contributed by atoms with Gasteiger partial charge in [-0.3, -0.25) is 0 Å². The molecule has 13 heavy (non-hydrogen) atoms. The van der Waals surface area contributed by atoms with E-state index in [-0.39, 0.29) is 0 Å². The van der Waals surface area contributed by atoms with E-state index in [1.165, 1.54) is 16.7 Å². The van der Waals surface area contributed by atoms with Crippen molar-refractivity contribution in [2.75, 3.05) is 0 Å². The van der Waals surface area contributed by atoms with Crippen LogP contribution in [0.2, 0.25) is 0 Å². The molecule has 0 saturated heterocycles. The molecule has 1 heteroatoms. The largest absolute Gasteiger partial charge is 0.327 e. The van der Waals surface area contributed by atoms with E-state index in [1.54, 1.807) is 0 Å². The molecule has 0 aliphatic rings. The van der Waals surface area contributed by atoms with Gasteiger partial charge in [-0.15, -0.1) is 0 Å². The van der Waals surface area contributed by atoms with E-state index < -0.39 is 0 Å². The van der Waals surface area contributed by atoms with Gasteiger partial charge in [0.2, 0.25) is 0 Å². The van der Waals surface area contributed by atoms with Crippen LogP contribution in [0.3, 0.4) is 0 Å². The van der Waals surface area contributed by atoms with Crippen LogP contribution >= 0.6 is 0 Å². The lowest BCUT2D eigenvalue weighted by atomic mass is 10.0. The molecule has 0 bridgehead atoms. The highest BCUT2D eigenvalue weighted by molar-refractivity contribution is 5.28. The van der Waals surface area contributed by atoms with Gasteiger partial charge in [0.25, 0.3) is 0 Å². The van der Waals surface area contributed by atoms with E-state index in [1.807, 2.05) is 0 Å². The van der Waals surface area contributed by atoms with E-state index >= 15 is 0 Å². The Kier molecular flexibility index (Phi) is 3.49. The topological polar surface area (TPSA) is 26.0 Å². The maximum Gasteiger partial charge on any atom is 0.00766 e. The maximum absolute atomic E-state index is 5.91. The predicted molar refractivity (Wildman–Crippen MR) is 57.9 cm³/mol. The van der Waals surface area contributed by atoms with Gasteiger partial charge in [-0.1, -0.05) is 36.2 Å². The Hall–Kier alpha value is -0.820. The third-order valence-corrected chi connectivity index (χ3v) is 2.30. The van der Waals surface area contributed by atoms with Crippen molar-refractivity contribution in [3.8, 4) is 0 Å². The Labute approximate surface area is 81.0 Å². The number of hydrogen-bond acceptors (Lipinski definition) is 1. The molecule has 72 valence electrons. The average molecular weight is 177 g/mol. The van der Waals surface area contributed by atoms with Crippen LogP contribution in [0.15, 0.2) is 18.2 Å². The Morgan fingerprint density at radius 1 is 1.15 bits per heavy atom. The molecule has 0 aromatic heterocycles. The highest BCUT2D eigenvalue weighted by Gasteiger charge is 2.01. The van der Waals surface area contributed by atoms with Gasteiger partial charge >= 0.3 is 0 Å². The summed E-state index contributed by atoms with van der Waals surface area (Å²) >= 11 is 0. The van der Waals surface area contributed by atoms with Gasteiger partial charge in [0.15, 0.2) is 0 Å².